The van der Waals surface area contributed by atoms with Gasteiger partial charge in [-0.1, -0.05) is 0 Å². The van der Waals surface area contributed by atoms with E-state index in [1.54, 1.807) is 0 Å². The summed E-state index contributed by atoms with van der Waals surface area (Å²) in [6.07, 6.45) is -17.1. The Morgan fingerprint density at radius 2 is 1.33 bits per heavy atom. The molecule has 1 saturated carbocycles. The van der Waals surface area contributed by atoms with Crippen LogP contribution in [0.1, 0.15) is 13.3 Å². The molecule has 0 aromatic rings. The van der Waals surface area contributed by atoms with Gasteiger partial charge in [0.25, 0.3) is 0 Å². The zero-order chi connectivity index (χ0) is 26.9. The molecule has 0 bridgehead atoms. The molecule has 0 aromatic carbocycles. The molecule has 3 rings (SSSR count). The van der Waals surface area contributed by atoms with E-state index in [0.29, 0.717) is 0 Å². The molecule has 2 saturated heterocycles. The first kappa shape index (κ1) is 29.5. The van der Waals surface area contributed by atoms with Crippen LogP contribution < -0.4 is 22.5 Å². The van der Waals surface area contributed by atoms with Gasteiger partial charge in [0.1, 0.15) is 61.0 Å². The summed E-state index contributed by atoms with van der Waals surface area (Å²) in [5.41, 5.74) is 18.1. The standard InChI is InChI=1S/C20H38N4O12/c1-5(26)24-3-8-12(28)14(30)15(31)20(33-8)36-18-7(22)2-6(21)17(16(18)32)35-19-13(29)10(23)11(27)9(4-25)34-19/h6-20,25,27-32H,2-4,21-23H2,1H3,(H,24,26)/t6-,7+,8-,9-,10+,11-,12-,13-,14+,15-,16-,17+,18-,19?,20-/m1/s1. The third-order valence-electron chi connectivity index (χ3n) is 6.80. The number of ether oxygens (including phenoxy) is 4. The fourth-order valence-electron chi connectivity index (χ4n) is 4.62. The summed E-state index contributed by atoms with van der Waals surface area (Å²) in [5.74, 6) is -0.412. The molecule has 36 heavy (non-hydrogen) atoms. The number of nitrogens with one attached hydrogen (secondary N) is 1. The van der Waals surface area contributed by atoms with Crippen molar-refractivity contribution < 1.29 is 59.5 Å². The molecule has 1 amide bonds. The molecule has 210 valence electrons. The molecule has 0 spiro atoms. The number of rotatable bonds is 7. The van der Waals surface area contributed by atoms with Crippen LogP contribution >= 0.6 is 0 Å². The molecule has 3 fully saturated rings. The Morgan fingerprint density at radius 1 is 0.806 bits per heavy atom. The summed E-state index contributed by atoms with van der Waals surface area (Å²) in [5, 5.41) is 74.1. The normalized spacial score (nSPS) is 50.0. The predicted molar refractivity (Wildman–Crippen MR) is 117 cm³/mol. The fraction of sp³-hybridized carbons (Fsp3) is 0.950. The number of aliphatic hydroxyl groups excluding tert-OH is 7. The van der Waals surface area contributed by atoms with Crippen molar-refractivity contribution in [2.24, 2.45) is 17.2 Å². The molecule has 15 atom stereocenters. The van der Waals surface area contributed by atoms with E-state index in [1.165, 1.54) is 6.92 Å². The molecule has 16 heteroatoms. The van der Waals surface area contributed by atoms with Crippen molar-refractivity contribution in [1.29, 1.82) is 0 Å². The maximum Gasteiger partial charge on any atom is 0.216 e. The van der Waals surface area contributed by atoms with Gasteiger partial charge in [0.2, 0.25) is 5.91 Å². The van der Waals surface area contributed by atoms with Gasteiger partial charge in [0.15, 0.2) is 12.6 Å². The second-order valence-electron chi connectivity index (χ2n) is 9.49. The third-order valence-corrected chi connectivity index (χ3v) is 6.80. The minimum atomic E-state index is -1.73. The maximum absolute atomic E-state index is 11.2. The molecular weight excluding hydrogens is 488 g/mol. The van der Waals surface area contributed by atoms with Gasteiger partial charge in [0, 0.05) is 25.6 Å². The summed E-state index contributed by atoms with van der Waals surface area (Å²) in [6, 6.07) is -2.96. The van der Waals surface area contributed by atoms with Crippen molar-refractivity contribution >= 4 is 5.91 Å². The molecule has 1 unspecified atom stereocenters. The van der Waals surface area contributed by atoms with Gasteiger partial charge in [-0.25, -0.2) is 0 Å². The monoisotopic (exact) mass is 526 g/mol. The SMILES string of the molecule is CC(=O)NC[C@H]1O[C@H](O[C@H]2[C@H](O)[C@@H](OC3O[C@H](CO)[C@@H](O)[C@H](N)[C@H]3O)[C@H](N)C[C@@H]2N)[C@H](O)[C@@H](O)[C@@H]1O. The van der Waals surface area contributed by atoms with Gasteiger partial charge in [-0.05, 0) is 6.42 Å². The second-order valence-corrected chi connectivity index (χ2v) is 9.49. The average Bonchev–Trinajstić information content (AvgIpc) is 2.83. The van der Waals surface area contributed by atoms with Gasteiger partial charge in [0.05, 0.1) is 12.6 Å². The Hall–Kier alpha value is -1.09. The van der Waals surface area contributed by atoms with E-state index in [-0.39, 0.29) is 13.0 Å². The summed E-state index contributed by atoms with van der Waals surface area (Å²) >= 11 is 0. The van der Waals surface area contributed by atoms with E-state index >= 15 is 0 Å². The molecular formula is C20H38N4O12. The Balaban J connectivity index is 1.72. The minimum absolute atomic E-state index is 0.0522. The molecule has 0 radical (unpaired) electrons. The number of amides is 1. The number of hydrogen-bond donors (Lipinski definition) is 11. The quantitative estimate of drug-likeness (QED) is 0.147. The lowest BCUT2D eigenvalue weighted by molar-refractivity contribution is -0.332. The van der Waals surface area contributed by atoms with Crippen LogP contribution in [0.5, 0.6) is 0 Å². The van der Waals surface area contributed by atoms with Gasteiger partial charge in [-0.15, -0.1) is 0 Å². The van der Waals surface area contributed by atoms with Crippen molar-refractivity contribution in [1.82, 2.24) is 5.32 Å². The fourth-order valence-corrected chi connectivity index (χ4v) is 4.62. The van der Waals surface area contributed by atoms with Gasteiger partial charge in [-0.3, -0.25) is 4.79 Å². The number of carbonyl (C=O) groups excluding carboxylic acids is 1. The van der Waals surface area contributed by atoms with Gasteiger partial charge < -0.3 is 77.2 Å². The summed E-state index contributed by atoms with van der Waals surface area (Å²) in [7, 11) is 0. The second kappa shape index (κ2) is 12.2. The zero-order valence-corrected chi connectivity index (χ0v) is 19.7. The van der Waals surface area contributed by atoms with Crippen LogP contribution in [-0.2, 0) is 23.7 Å². The smallest absolute Gasteiger partial charge is 0.216 e. The number of carbonyl (C=O) groups is 1. The predicted octanol–water partition coefficient (Wildman–Crippen LogP) is -7.11. The van der Waals surface area contributed by atoms with Crippen molar-refractivity contribution in [3.05, 3.63) is 0 Å². The first-order valence-electron chi connectivity index (χ1n) is 11.7. The summed E-state index contributed by atoms with van der Waals surface area (Å²) in [4.78, 5) is 11.2. The first-order valence-corrected chi connectivity index (χ1v) is 11.7. The van der Waals surface area contributed by atoms with Crippen molar-refractivity contribution in [3.8, 4) is 0 Å². The van der Waals surface area contributed by atoms with E-state index in [4.69, 9.17) is 36.1 Å². The topological polar surface area (TPSA) is 286 Å². The lowest BCUT2D eigenvalue weighted by Gasteiger charge is -2.48. The Morgan fingerprint density at radius 3 is 1.86 bits per heavy atom. The highest BCUT2D eigenvalue weighted by Crippen LogP contribution is 2.31. The van der Waals surface area contributed by atoms with E-state index in [0.717, 1.165) is 0 Å². The van der Waals surface area contributed by atoms with Gasteiger partial charge >= 0.3 is 0 Å². The molecule has 3 aliphatic rings. The van der Waals surface area contributed by atoms with Crippen LogP contribution in [0.4, 0.5) is 0 Å². The van der Waals surface area contributed by atoms with Crippen LogP contribution in [0.3, 0.4) is 0 Å². The molecule has 1 aliphatic carbocycles. The van der Waals surface area contributed by atoms with Gasteiger partial charge in [-0.2, -0.15) is 0 Å². The highest BCUT2D eigenvalue weighted by molar-refractivity contribution is 5.72. The molecule has 0 aromatic heterocycles. The Labute approximate surface area is 206 Å². The molecule has 14 N–H and O–H groups in total. The third kappa shape index (κ3) is 6.13. The van der Waals surface area contributed by atoms with Crippen molar-refractivity contribution in [2.45, 2.75) is 105 Å². The van der Waals surface area contributed by atoms with Crippen molar-refractivity contribution in [2.75, 3.05) is 13.2 Å². The lowest BCUT2D eigenvalue weighted by atomic mass is 9.84. The zero-order valence-electron chi connectivity index (χ0n) is 19.7. The Kier molecular flexibility index (Phi) is 9.97. The molecule has 2 heterocycles. The van der Waals surface area contributed by atoms with Crippen LogP contribution in [0.25, 0.3) is 0 Å². The van der Waals surface area contributed by atoms with E-state index < -0.39 is 104 Å². The maximum atomic E-state index is 11.2. The van der Waals surface area contributed by atoms with Crippen LogP contribution in [0, 0.1) is 0 Å². The molecule has 16 nitrogen and oxygen atoms in total. The highest BCUT2D eigenvalue weighted by Gasteiger charge is 2.51. The minimum Gasteiger partial charge on any atom is -0.394 e. The lowest BCUT2D eigenvalue weighted by Crippen LogP contribution is -2.68. The summed E-state index contributed by atoms with van der Waals surface area (Å²) in [6.45, 7) is 0.450. The van der Waals surface area contributed by atoms with E-state index in [1.807, 2.05) is 0 Å². The Bertz CT molecular complexity index is 737. The van der Waals surface area contributed by atoms with E-state index in [2.05, 4.69) is 5.32 Å². The van der Waals surface area contributed by atoms with E-state index in [9.17, 15) is 40.5 Å². The molecule has 2 aliphatic heterocycles. The first-order chi connectivity index (χ1) is 16.9. The highest BCUT2D eigenvalue weighted by atomic mass is 16.7. The van der Waals surface area contributed by atoms with Crippen LogP contribution in [0.2, 0.25) is 0 Å². The number of aliphatic hydroxyl groups is 7. The van der Waals surface area contributed by atoms with Crippen LogP contribution in [-0.4, -0.2) is 147 Å². The van der Waals surface area contributed by atoms with Crippen molar-refractivity contribution in [3.63, 3.8) is 0 Å². The largest absolute Gasteiger partial charge is 0.394 e. The average molecular weight is 527 g/mol. The number of nitrogens with two attached hydrogens (primary N) is 3. The summed E-state index contributed by atoms with van der Waals surface area (Å²) < 4.78 is 22.4. The number of hydrogen-bond acceptors (Lipinski definition) is 15. The van der Waals surface area contributed by atoms with Crippen LogP contribution in [0.15, 0.2) is 0 Å².